The van der Waals surface area contributed by atoms with E-state index in [2.05, 4.69) is 10.3 Å². The van der Waals surface area contributed by atoms with Crippen LogP contribution in [0.5, 0.6) is 0 Å². The van der Waals surface area contributed by atoms with E-state index in [1.54, 1.807) is 18.2 Å². The topological polar surface area (TPSA) is 55.1 Å². The Morgan fingerprint density at radius 2 is 1.96 bits per heavy atom. The number of nitrogens with zero attached hydrogens (tertiary/aromatic N) is 1. The van der Waals surface area contributed by atoms with Gasteiger partial charge >= 0.3 is 0 Å². The van der Waals surface area contributed by atoms with Crippen molar-refractivity contribution >= 4 is 34.3 Å². The summed E-state index contributed by atoms with van der Waals surface area (Å²) in [6.07, 6.45) is 0.294. The molecule has 0 radical (unpaired) electrons. The lowest BCUT2D eigenvalue weighted by Crippen LogP contribution is -2.14. The summed E-state index contributed by atoms with van der Waals surface area (Å²) in [7, 11) is 0. The van der Waals surface area contributed by atoms with E-state index in [4.69, 9.17) is 16.0 Å². The van der Waals surface area contributed by atoms with E-state index in [-0.39, 0.29) is 11.8 Å². The Balaban J connectivity index is 1.72. The predicted molar refractivity (Wildman–Crippen MR) is 91.9 cm³/mol. The number of nitrogens with one attached hydrogen (secondary N) is 1. The Labute approximate surface area is 139 Å². The lowest BCUT2D eigenvalue weighted by Gasteiger charge is -2.05. The van der Waals surface area contributed by atoms with Crippen LogP contribution in [-0.4, -0.2) is 10.9 Å². The zero-order valence-corrected chi connectivity index (χ0v) is 13.7. The Bertz CT molecular complexity index is 838. The SMILES string of the molecule is CC(C)c1nc2ccc(NC(=O)Cc3ccc(Cl)cc3)cc2o1. The molecule has 0 aliphatic rings. The van der Waals surface area contributed by atoms with Gasteiger partial charge in [-0.15, -0.1) is 0 Å². The highest BCUT2D eigenvalue weighted by Gasteiger charge is 2.11. The zero-order chi connectivity index (χ0) is 16.4. The summed E-state index contributed by atoms with van der Waals surface area (Å²) in [5.41, 5.74) is 3.08. The van der Waals surface area contributed by atoms with Crippen molar-refractivity contribution < 1.29 is 9.21 Å². The van der Waals surface area contributed by atoms with E-state index in [1.165, 1.54) is 0 Å². The molecule has 1 heterocycles. The van der Waals surface area contributed by atoms with Gasteiger partial charge in [-0.3, -0.25) is 4.79 Å². The Morgan fingerprint density at radius 1 is 1.22 bits per heavy atom. The maximum Gasteiger partial charge on any atom is 0.228 e. The van der Waals surface area contributed by atoms with Gasteiger partial charge in [0.25, 0.3) is 0 Å². The van der Waals surface area contributed by atoms with E-state index >= 15 is 0 Å². The number of carbonyl (C=O) groups is 1. The molecule has 0 bridgehead atoms. The summed E-state index contributed by atoms with van der Waals surface area (Å²) >= 11 is 5.84. The van der Waals surface area contributed by atoms with E-state index in [1.807, 2.05) is 38.1 Å². The number of amides is 1. The molecule has 0 saturated heterocycles. The van der Waals surface area contributed by atoms with Crippen molar-refractivity contribution in [1.82, 2.24) is 4.98 Å². The summed E-state index contributed by atoms with van der Waals surface area (Å²) < 4.78 is 5.71. The van der Waals surface area contributed by atoms with Gasteiger partial charge in [0.15, 0.2) is 11.5 Å². The number of fused-ring (bicyclic) bond motifs is 1. The molecule has 0 spiro atoms. The molecule has 0 unspecified atom stereocenters. The highest BCUT2D eigenvalue weighted by atomic mass is 35.5. The molecule has 0 saturated carbocycles. The second-order valence-corrected chi connectivity index (χ2v) is 6.18. The molecule has 5 heteroatoms. The largest absolute Gasteiger partial charge is 0.440 e. The fourth-order valence-electron chi connectivity index (χ4n) is 2.26. The minimum Gasteiger partial charge on any atom is -0.440 e. The number of rotatable bonds is 4. The first-order valence-corrected chi connectivity index (χ1v) is 7.84. The molecule has 3 rings (SSSR count). The average molecular weight is 329 g/mol. The van der Waals surface area contributed by atoms with Crippen LogP contribution in [-0.2, 0) is 11.2 Å². The number of anilines is 1. The lowest BCUT2D eigenvalue weighted by atomic mass is 10.1. The van der Waals surface area contributed by atoms with E-state index in [9.17, 15) is 4.79 Å². The van der Waals surface area contributed by atoms with Crippen LogP contribution >= 0.6 is 11.6 Å². The van der Waals surface area contributed by atoms with Crippen molar-refractivity contribution in [2.75, 3.05) is 5.32 Å². The minimum absolute atomic E-state index is 0.0877. The highest BCUT2D eigenvalue weighted by Crippen LogP contribution is 2.24. The summed E-state index contributed by atoms with van der Waals surface area (Å²) in [4.78, 5) is 16.5. The smallest absolute Gasteiger partial charge is 0.228 e. The monoisotopic (exact) mass is 328 g/mol. The maximum atomic E-state index is 12.1. The molecule has 0 fully saturated rings. The molecule has 3 aromatic rings. The molecular formula is C18H17ClN2O2. The van der Waals surface area contributed by atoms with Crippen LogP contribution in [0.3, 0.4) is 0 Å². The highest BCUT2D eigenvalue weighted by molar-refractivity contribution is 6.30. The molecular weight excluding hydrogens is 312 g/mol. The van der Waals surface area contributed by atoms with Gasteiger partial charge in [-0.1, -0.05) is 37.6 Å². The first kappa shape index (κ1) is 15.6. The van der Waals surface area contributed by atoms with E-state index < -0.39 is 0 Å². The van der Waals surface area contributed by atoms with E-state index in [0.29, 0.717) is 28.6 Å². The van der Waals surface area contributed by atoms with Crippen LogP contribution in [0.15, 0.2) is 46.9 Å². The van der Waals surface area contributed by atoms with E-state index in [0.717, 1.165) is 11.1 Å². The summed E-state index contributed by atoms with van der Waals surface area (Å²) in [5.74, 6) is 0.838. The van der Waals surface area contributed by atoms with Gasteiger partial charge in [-0.2, -0.15) is 0 Å². The molecule has 1 N–H and O–H groups in total. The summed E-state index contributed by atoms with van der Waals surface area (Å²) in [6.45, 7) is 4.05. The zero-order valence-electron chi connectivity index (χ0n) is 13.0. The third kappa shape index (κ3) is 3.71. The van der Waals surface area contributed by atoms with Gasteiger partial charge in [-0.05, 0) is 29.8 Å². The van der Waals surface area contributed by atoms with Gasteiger partial charge in [0.05, 0.1) is 6.42 Å². The van der Waals surface area contributed by atoms with Crippen LogP contribution < -0.4 is 5.32 Å². The molecule has 118 valence electrons. The van der Waals surface area contributed by atoms with Gasteiger partial charge in [-0.25, -0.2) is 4.98 Å². The van der Waals surface area contributed by atoms with Crippen LogP contribution in [0.4, 0.5) is 5.69 Å². The van der Waals surface area contributed by atoms with Crippen molar-refractivity contribution in [3.05, 3.63) is 58.9 Å². The average Bonchev–Trinajstić information content (AvgIpc) is 2.93. The van der Waals surface area contributed by atoms with Crippen LogP contribution in [0.1, 0.15) is 31.2 Å². The number of carbonyl (C=O) groups excluding carboxylic acids is 1. The van der Waals surface area contributed by atoms with Crippen LogP contribution in [0.2, 0.25) is 5.02 Å². The third-order valence-electron chi connectivity index (χ3n) is 3.46. The third-order valence-corrected chi connectivity index (χ3v) is 3.71. The summed E-state index contributed by atoms with van der Waals surface area (Å²) in [5, 5.41) is 3.53. The van der Waals surface area contributed by atoms with Gasteiger partial charge < -0.3 is 9.73 Å². The molecule has 2 aromatic carbocycles. The number of halogens is 1. The molecule has 0 atom stereocenters. The Kier molecular flexibility index (Phi) is 4.35. The van der Waals surface area contributed by atoms with Crippen LogP contribution in [0.25, 0.3) is 11.1 Å². The second kappa shape index (κ2) is 6.42. The number of oxazole rings is 1. The second-order valence-electron chi connectivity index (χ2n) is 5.74. The molecule has 4 nitrogen and oxygen atoms in total. The first-order chi connectivity index (χ1) is 11.0. The Hall–Kier alpha value is -2.33. The minimum atomic E-state index is -0.0877. The standard InChI is InChI=1S/C18H17ClN2O2/c1-11(2)18-21-15-8-7-14(10-16(15)23-18)20-17(22)9-12-3-5-13(19)6-4-12/h3-8,10-11H,9H2,1-2H3,(H,20,22). The molecule has 1 aromatic heterocycles. The maximum absolute atomic E-state index is 12.1. The first-order valence-electron chi connectivity index (χ1n) is 7.46. The van der Waals surface area contributed by atoms with Gasteiger partial charge in [0, 0.05) is 22.7 Å². The fraction of sp³-hybridized carbons (Fsp3) is 0.222. The molecule has 0 aliphatic heterocycles. The van der Waals surface area contributed by atoms with Crippen molar-refractivity contribution in [3.8, 4) is 0 Å². The van der Waals surface area contributed by atoms with Crippen molar-refractivity contribution in [3.63, 3.8) is 0 Å². The Morgan fingerprint density at radius 3 is 2.65 bits per heavy atom. The molecule has 0 aliphatic carbocycles. The number of hydrogen-bond donors (Lipinski definition) is 1. The van der Waals surface area contributed by atoms with Gasteiger partial charge in [0.2, 0.25) is 5.91 Å². The van der Waals surface area contributed by atoms with Crippen molar-refractivity contribution in [2.24, 2.45) is 0 Å². The summed E-state index contributed by atoms with van der Waals surface area (Å²) in [6, 6.07) is 12.7. The fourth-order valence-corrected chi connectivity index (χ4v) is 2.39. The molecule has 23 heavy (non-hydrogen) atoms. The van der Waals surface area contributed by atoms with Crippen molar-refractivity contribution in [1.29, 1.82) is 0 Å². The van der Waals surface area contributed by atoms with Crippen molar-refractivity contribution in [2.45, 2.75) is 26.2 Å². The number of benzene rings is 2. The molecule has 1 amide bonds. The quantitative estimate of drug-likeness (QED) is 0.749. The number of aromatic nitrogens is 1. The van der Waals surface area contributed by atoms with Crippen LogP contribution in [0, 0.1) is 0 Å². The van der Waals surface area contributed by atoms with Gasteiger partial charge in [0.1, 0.15) is 5.52 Å². The normalized spacial score (nSPS) is 11.1. The predicted octanol–water partition coefficient (Wildman–Crippen LogP) is 4.79. The number of hydrogen-bond acceptors (Lipinski definition) is 3. The lowest BCUT2D eigenvalue weighted by molar-refractivity contribution is -0.115.